The number of nitrogens with zero attached hydrogens (tertiary/aromatic N) is 2. The number of benzene rings is 2. The third kappa shape index (κ3) is 3.67. The normalized spacial score (nSPS) is 11.1. The van der Waals surface area contributed by atoms with Crippen molar-refractivity contribution in [1.82, 2.24) is 4.57 Å². The standard InChI is InChI=1S/C23H20N2O3/c1-15-12-19(16(2)25(15)21-8-10-22(28-3)11-9-21)13-20(14-24)17-4-6-18(7-5-17)23(26)27/h4-13H,1-3H3,(H,26,27)/b20-13-. The molecule has 5 heteroatoms. The van der Waals surface area contributed by atoms with Crippen molar-refractivity contribution in [3.63, 3.8) is 0 Å². The lowest BCUT2D eigenvalue weighted by Crippen LogP contribution is -1.99. The molecule has 2 aromatic carbocycles. The second-order valence-corrected chi connectivity index (χ2v) is 6.41. The van der Waals surface area contributed by atoms with Gasteiger partial charge in [-0.05, 0) is 73.5 Å². The molecule has 0 fully saturated rings. The van der Waals surface area contributed by atoms with E-state index in [2.05, 4.69) is 10.6 Å². The molecule has 0 aliphatic rings. The van der Waals surface area contributed by atoms with Gasteiger partial charge in [-0.3, -0.25) is 0 Å². The molecule has 5 nitrogen and oxygen atoms in total. The van der Waals surface area contributed by atoms with E-state index in [1.165, 1.54) is 12.1 Å². The van der Waals surface area contributed by atoms with Crippen molar-refractivity contribution in [2.75, 3.05) is 7.11 Å². The molecule has 0 radical (unpaired) electrons. The van der Waals surface area contributed by atoms with Crippen LogP contribution in [-0.4, -0.2) is 22.8 Å². The van der Waals surface area contributed by atoms with E-state index in [0.717, 1.165) is 28.4 Å². The molecule has 0 atom stereocenters. The molecule has 3 aromatic rings. The molecule has 0 aliphatic carbocycles. The van der Waals surface area contributed by atoms with Crippen LogP contribution in [0.4, 0.5) is 0 Å². The highest BCUT2D eigenvalue weighted by Crippen LogP contribution is 2.26. The Morgan fingerprint density at radius 1 is 1.07 bits per heavy atom. The van der Waals surface area contributed by atoms with Gasteiger partial charge < -0.3 is 14.4 Å². The summed E-state index contributed by atoms with van der Waals surface area (Å²) in [6.45, 7) is 4.02. The number of hydrogen-bond acceptors (Lipinski definition) is 3. The third-order valence-electron chi connectivity index (χ3n) is 4.66. The van der Waals surface area contributed by atoms with Gasteiger partial charge in [0.25, 0.3) is 0 Å². The van der Waals surface area contributed by atoms with Crippen molar-refractivity contribution in [1.29, 1.82) is 5.26 Å². The van der Waals surface area contributed by atoms with E-state index in [0.29, 0.717) is 11.1 Å². The first-order valence-electron chi connectivity index (χ1n) is 8.73. The minimum absolute atomic E-state index is 0.193. The molecule has 0 saturated heterocycles. The molecule has 0 amide bonds. The zero-order valence-corrected chi connectivity index (χ0v) is 15.9. The lowest BCUT2D eigenvalue weighted by Gasteiger charge is -2.10. The van der Waals surface area contributed by atoms with Crippen LogP contribution in [0.5, 0.6) is 5.75 Å². The lowest BCUT2D eigenvalue weighted by molar-refractivity contribution is 0.0697. The number of rotatable bonds is 5. The van der Waals surface area contributed by atoms with Gasteiger partial charge in [0.05, 0.1) is 24.3 Å². The van der Waals surface area contributed by atoms with E-state index < -0.39 is 5.97 Å². The number of methoxy groups -OCH3 is 1. The van der Waals surface area contributed by atoms with Gasteiger partial charge in [-0.1, -0.05) is 12.1 Å². The summed E-state index contributed by atoms with van der Waals surface area (Å²) in [5.74, 6) is -0.194. The Hall–Kier alpha value is -3.78. The van der Waals surface area contributed by atoms with Crippen LogP contribution in [0.2, 0.25) is 0 Å². The molecule has 28 heavy (non-hydrogen) atoms. The Kier molecular flexibility index (Phi) is 5.32. The highest BCUT2D eigenvalue weighted by atomic mass is 16.5. The van der Waals surface area contributed by atoms with E-state index in [9.17, 15) is 10.1 Å². The van der Waals surface area contributed by atoms with Crippen LogP contribution in [-0.2, 0) is 0 Å². The summed E-state index contributed by atoms with van der Waals surface area (Å²) in [7, 11) is 1.64. The van der Waals surface area contributed by atoms with E-state index in [1.807, 2.05) is 50.3 Å². The van der Waals surface area contributed by atoms with Crippen LogP contribution in [0.3, 0.4) is 0 Å². The number of ether oxygens (including phenoxy) is 1. The maximum absolute atomic E-state index is 11.0. The first-order valence-corrected chi connectivity index (χ1v) is 8.73. The summed E-state index contributed by atoms with van der Waals surface area (Å²) in [6, 6.07) is 18.4. The Labute approximate surface area is 163 Å². The average Bonchev–Trinajstić information content (AvgIpc) is 2.99. The van der Waals surface area contributed by atoms with Gasteiger partial charge in [-0.15, -0.1) is 0 Å². The molecular formula is C23H20N2O3. The smallest absolute Gasteiger partial charge is 0.335 e. The van der Waals surface area contributed by atoms with Crippen molar-refractivity contribution in [2.45, 2.75) is 13.8 Å². The van der Waals surface area contributed by atoms with E-state index in [1.54, 1.807) is 19.2 Å². The molecule has 1 N–H and O–H groups in total. The number of carbonyl (C=O) groups is 1. The number of aryl methyl sites for hydroxylation is 1. The average molecular weight is 372 g/mol. The minimum Gasteiger partial charge on any atom is -0.497 e. The van der Waals surface area contributed by atoms with Gasteiger partial charge in [-0.2, -0.15) is 5.26 Å². The SMILES string of the molecule is COc1ccc(-n2c(C)cc(/C=C(/C#N)c3ccc(C(=O)O)cc3)c2C)cc1. The third-order valence-corrected chi connectivity index (χ3v) is 4.66. The van der Waals surface area contributed by atoms with Crippen LogP contribution >= 0.6 is 0 Å². The maximum atomic E-state index is 11.0. The second kappa shape index (κ2) is 7.85. The molecular weight excluding hydrogens is 352 g/mol. The summed E-state index contributed by atoms with van der Waals surface area (Å²) in [5, 5.41) is 18.6. The monoisotopic (exact) mass is 372 g/mol. The molecule has 0 bridgehead atoms. The van der Waals surface area contributed by atoms with Crippen LogP contribution < -0.4 is 4.74 Å². The van der Waals surface area contributed by atoms with Crippen molar-refractivity contribution >= 4 is 17.6 Å². The zero-order valence-electron chi connectivity index (χ0n) is 15.9. The zero-order chi connectivity index (χ0) is 20.3. The first-order chi connectivity index (χ1) is 13.4. The quantitative estimate of drug-likeness (QED) is 0.649. The molecule has 3 rings (SSSR count). The predicted molar refractivity (Wildman–Crippen MR) is 109 cm³/mol. The van der Waals surface area contributed by atoms with E-state index in [-0.39, 0.29) is 5.56 Å². The Balaban J connectivity index is 2.01. The summed E-state index contributed by atoms with van der Waals surface area (Å²) in [4.78, 5) is 11.0. The fraction of sp³-hybridized carbons (Fsp3) is 0.130. The fourth-order valence-corrected chi connectivity index (χ4v) is 3.19. The van der Waals surface area contributed by atoms with Gasteiger partial charge in [0.2, 0.25) is 0 Å². The van der Waals surface area contributed by atoms with Gasteiger partial charge in [-0.25, -0.2) is 4.79 Å². The number of aromatic carboxylic acids is 1. The number of aromatic nitrogens is 1. The summed E-state index contributed by atoms with van der Waals surface area (Å²) in [5.41, 5.74) is 5.37. The number of nitriles is 1. The van der Waals surface area contributed by atoms with Gasteiger partial charge in [0.15, 0.2) is 0 Å². The van der Waals surface area contributed by atoms with Gasteiger partial charge in [0.1, 0.15) is 5.75 Å². The summed E-state index contributed by atoms with van der Waals surface area (Å²) < 4.78 is 7.34. The molecule has 1 aromatic heterocycles. The fourth-order valence-electron chi connectivity index (χ4n) is 3.19. The van der Waals surface area contributed by atoms with Gasteiger partial charge in [0, 0.05) is 17.1 Å². The van der Waals surface area contributed by atoms with Crippen molar-refractivity contribution in [3.8, 4) is 17.5 Å². The van der Waals surface area contributed by atoms with Crippen LogP contribution in [0.25, 0.3) is 17.3 Å². The summed E-state index contributed by atoms with van der Waals surface area (Å²) >= 11 is 0. The Bertz CT molecular complexity index is 1080. The maximum Gasteiger partial charge on any atom is 0.335 e. The Morgan fingerprint density at radius 3 is 2.21 bits per heavy atom. The Morgan fingerprint density at radius 2 is 1.68 bits per heavy atom. The van der Waals surface area contributed by atoms with Crippen LogP contribution in [0, 0.1) is 25.2 Å². The molecule has 1 heterocycles. The molecule has 0 spiro atoms. The van der Waals surface area contributed by atoms with Crippen LogP contribution in [0.1, 0.15) is 32.9 Å². The largest absolute Gasteiger partial charge is 0.497 e. The highest BCUT2D eigenvalue weighted by Gasteiger charge is 2.11. The van der Waals surface area contributed by atoms with E-state index in [4.69, 9.17) is 9.84 Å². The molecule has 140 valence electrons. The molecule has 0 saturated carbocycles. The second-order valence-electron chi connectivity index (χ2n) is 6.41. The summed E-state index contributed by atoms with van der Waals surface area (Å²) in [6.07, 6.45) is 1.83. The van der Waals surface area contributed by atoms with Gasteiger partial charge >= 0.3 is 5.97 Å². The number of hydrogen-bond donors (Lipinski definition) is 1. The first kappa shape index (κ1) is 19.0. The lowest BCUT2D eigenvalue weighted by atomic mass is 10.0. The van der Waals surface area contributed by atoms with Crippen molar-refractivity contribution < 1.29 is 14.6 Å². The number of carboxylic acid groups (broad SMARTS) is 1. The van der Waals surface area contributed by atoms with Crippen molar-refractivity contribution in [3.05, 3.63) is 82.7 Å². The highest BCUT2D eigenvalue weighted by molar-refractivity contribution is 5.92. The molecule has 0 aliphatic heterocycles. The minimum atomic E-state index is -0.989. The van der Waals surface area contributed by atoms with Crippen molar-refractivity contribution in [2.24, 2.45) is 0 Å². The number of carboxylic acids is 1. The predicted octanol–water partition coefficient (Wildman–Crippen LogP) is 4.87. The topological polar surface area (TPSA) is 75.2 Å². The molecule has 0 unspecified atom stereocenters. The number of allylic oxidation sites excluding steroid dienone is 1. The van der Waals surface area contributed by atoms with E-state index >= 15 is 0 Å². The van der Waals surface area contributed by atoms with Crippen LogP contribution in [0.15, 0.2) is 54.6 Å².